The number of nitriles is 2. The van der Waals surface area contributed by atoms with Crippen LogP contribution in [-0.4, -0.2) is 23.1 Å². The van der Waals surface area contributed by atoms with Crippen LogP contribution in [0.15, 0.2) is 54.1 Å². The topological polar surface area (TPSA) is 113 Å². The molecule has 170 valence electrons. The summed E-state index contributed by atoms with van der Waals surface area (Å²) in [6.45, 7) is 3.92. The van der Waals surface area contributed by atoms with Gasteiger partial charge in [-0.3, -0.25) is 4.79 Å². The zero-order chi connectivity index (χ0) is 24.8. The number of aromatic nitrogens is 1. The highest BCUT2D eigenvalue weighted by Gasteiger charge is 2.22. The first-order valence-electron chi connectivity index (χ1n) is 9.59. The molecule has 0 spiro atoms. The highest BCUT2D eigenvalue weighted by atomic mass is 35.5. The summed E-state index contributed by atoms with van der Waals surface area (Å²) < 4.78 is 19.3. The summed E-state index contributed by atoms with van der Waals surface area (Å²) in [4.78, 5) is 16.8. The monoisotopic (exact) mass is 512 g/mol. The molecule has 3 aromatic rings. The van der Waals surface area contributed by atoms with Gasteiger partial charge in [-0.2, -0.15) is 10.5 Å². The van der Waals surface area contributed by atoms with Crippen molar-refractivity contribution in [2.75, 3.05) is 18.1 Å². The number of anilines is 1. The Balaban J connectivity index is 1.98. The van der Waals surface area contributed by atoms with Gasteiger partial charge >= 0.3 is 0 Å². The molecule has 0 saturated carbocycles. The largest absolute Gasteiger partial charge is 0.490 e. The Kier molecular flexibility index (Phi) is 8.14. The van der Waals surface area contributed by atoms with E-state index in [9.17, 15) is 19.7 Å². The zero-order valence-electron chi connectivity index (χ0n) is 17.4. The van der Waals surface area contributed by atoms with Crippen LogP contribution in [0.25, 0.3) is 11.1 Å². The SMILES string of the molecule is C=CCOc1ccc(-c2c(C#N)c(N)nc(SCC(=O)c3cc(F)c(Cl)cc3Cl)c2C#N)cc1. The van der Waals surface area contributed by atoms with Gasteiger partial charge in [0.15, 0.2) is 5.78 Å². The van der Waals surface area contributed by atoms with E-state index in [2.05, 4.69) is 17.6 Å². The molecule has 0 fully saturated rings. The predicted molar refractivity (Wildman–Crippen MR) is 131 cm³/mol. The number of ketones is 1. The van der Waals surface area contributed by atoms with Crippen LogP contribution in [0.2, 0.25) is 10.0 Å². The van der Waals surface area contributed by atoms with E-state index in [1.54, 1.807) is 30.3 Å². The number of halogens is 3. The van der Waals surface area contributed by atoms with E-state index in [0.29, 0.717) is 23.5 Å². The fraction of sp³-hybridized carbons (Fsp3) is 0.0833. The second kappa shape index (κ2) is 11.0. The van der Waals surface area contributed by atoms with Gasteiger partial charge in [0.05, 0.1) is 21.4 Å². The summed E-state index contributed by atoms with van der Waals surface area (Å²) in [6, 6.07) is 12.9. The lowest BCUT2D eigenvalue weighted by atomic mass is 9.97. The van der Waals surface area contributed by atoms with E-state index in [1.165, 1.54) is 0 Å². The molecule has 34 heavy (non-hydrogen) atoms. The fourth-order valence-corrected chi connectivity index (χ4v) is 4.38. The molecular formula is C24H15Cl2FN4O2S. The highest BCUT2D eigenvalue weighted by Crippen LogP contribution is 2.36. The molecule has 0 saturated heterocycles. The number of carbonyl (C=O) groups excluding carboxylic acids is 1. The van der Waals surface area contributed by atoms with Crippen molar-refractivity contribution in [2.24, 2.45) is 0 Å². The van der Waals surface area contributed by atoms with Gasteiger partial charge in [-0.05, 0) is 29.8 Å². The molecule has 0 atom stereocenters. The minimum absolute atomic E-state index is 0.00394. The maximum atomic E-state index is 13.8. The zero-order valence-corrected chi connectivity index (χ0v) is 19.8. The maximum Gasteiger partial charge on any atom is 0.174 e. The first kappa shape index (κ1) is 25.1. The van der Waals surface area contributed by atoms with Gasteiger partial charge in [-0.25, -0.2) is 9.37 Å². The lowest BCUT2D eigenvalue weighted by Crippen LogP contribution is -2.07. The number of Topliss-reactive ketones (excluding diaryl/α,β-unsaturated/α-hetero) is 1. The Morgan fingerprint density at radius 3 is 2.47 bits per heavy atom. The van der Waals surface area contributed by atoms with E-state index < -0.39 is 11.6 Å². The summed E-state index contributed by atoms with van der Waals surface area (Å²) in [5.74, 6) is -0.990. The van der Waals surface area contributed by atoms with Crippen LogP contribution >= 0.6 is 35.0 Å². The van der Waals surface area contributed by atoms with Crippen LogP contribution < -0.4 is 10.5 Å². The molecule has 10 heteroatoms. The third-order valence-electron chi connectivity index (χ3n) is 4.58. The number of rotatable bonds is 8. The maximum absolute atomic E-state index is 13.8. The van der Waals surface area contributed by atoms with Gasteiger partial charge in [0.25, 0.3) is 0 Å². The first-order valence-corrected chi connectivity index (χ1v) is 11.3. The Labute approximate surface area is 209 Å². The van der Waals surface area contributed by atoms with Crippen LogP contribution in [0, 0.1) is 28.5 Å². The van der Waals surface area contributed by atoms with Gasteiger partial charge in [0, 0.05) is 11.1 Å². The molecule has 0 unspecified atom stereocenters. The van der Waals surface area contributed by atoms with E-state index in [0.717, 1.165) is 23.9 Å². The molecular weight excluding hydrogens is 498 g/mol. The van der Waals surface area contributed by atoms with Crippen molar-refractivity contribution < 1.29 is 13.9 Å². The highest BCUT2D eigenvalue weighted by molar-refractivity contribution is 8.00. The Morgan fingerprint density at radius 2 is 1.85 bits per heavy atom. The van der Waals surface area contributed by atoms with Gasteiger partial charge in [-0.15, -0.1) is 0 Å². The molecule has 0 aliphatic heterocycles. The summed E-state index contributed by atoms with van der Waals surface area (Å²) in [5, 5.41) is 19.5. The van der Waals surface area contributed by atoms with E-state index in [1.807, 2.05) is 6.07 Å². The van der Waals surface area contributed by atoms with Crippen molar-refractivity contribution in [3.8, 4) is 29.0 Å². The van der Waals surface area contributed by atoms with Crippen molar-refractivity contribution in [2.45, 2.75) is 5.03 Å². The van der Waals surface area contributed by atoms with Crippen LogP contribution in [0.5, 0.6) is 5.75 Å². The molecule has 0 radical (unpaired) electrons. The third kappa shape index (κ3) is 5.32. The number of pyridine rings is 1. The summed E-state index contributed by atoms with van der Waals surface area (Å²) >= 11 is 12.6. The minimum Gasteiger partial charge on any atom is -0.490 e. The minimum atomic E-state index is -0.777. The lowest BCUT2D eigenvalue weighted by molar-refractivity contribution is 0.102. The third-order valence-corrected chi connectivity index (χ3v) is 6.15. The van der Waals surface area contributed by atoms with Crippen LogP contribution in [0.1, 0.15) is 21.5 Å². The van der Waals surface area contributed by atoms with Gasteiger partial charge in [0.2, 0.25) is 0 Å². The number of carbonyl (C=O) groups is 1. The average Bonchev–Trinajstić information content (AvgIpc) is 2.83. The second-order valence-corrected chi connectivity index (χ2v) is 8.51. The standard InChI is InChI=1S/C24H15Cl2FN4O2S/c1-2-7-33-14-5-3-13(4-6-14)22-16(10-28)23(30)31-24(17(22)11-29)34-12-21(32)15-8-20(27)19(26)9-18(15)25/h2-6,8-9H,1,7,12H2,(H2,30,31). The summed E-state index contributed by atoms with van der Waals surface area (Å²) in [6.07, 6.45) is 1.61. The number of nitrogen functional groups attached to an aromatic ring is 1. The number of benzene rings is 2. The van der Waals surface area contributed by atoms with E-state index in [-0.39, 0.29) is 43.3 Å². The van der Waals surface area contributed by atoms with E-state index >= 15 is 0 Å². The Morgan fingerprint density at radius 1 is 1.18 bits per heavy atom. The fourth-order valence-electron chi connectivity index (χ4n) is 3.01. The number of nitrogens with zero attached hydrogens (tertiary/aromatic N) is 3. The Bertz CT molecular complexity index is 1370. The molecule has 0 amide bonds. The van der Waals surface area contributed by atoms with Crippen molar-refractivity contribution in [1.29, 1.82) is 10.5 Å². The van der Waals surface area contributed by atoms with Crippen molar-refractivity contribution in [3.63, 3.8) is 0 Å². The molecule has 6 nitrogen and oxygen atoms in total. The Hall–Kier alpha value is -3.56. The normalized spacial score (nSPS) is 10.3. The summed E-state index contributed by atoms with van der Waals surface area (Å²) in [7, 11) is 0. The first-order chi connectivity index (χ1) is 16.3. The number of hydrogen-bond donors (Lipinski definition) is 1. The predicted octanol–water partition coefficient (Wildman–Crippen LogP) is 6.06. The number of nitrogens with two attached hydrogens (primary N) is 1. The van der Waals surface area contributed by atoms with Crippen LogP contribution in [0.4, 0.5) is 10.2 Å². The summed E-state index contributed by atoms with van der Waals surface area (Å²) in [5.41, 5.74) is 6.91. The molecule has 3 rings (SSSR count). The van der Waals surface area contributed by atoms with Gasteiger partial charge in [0.1, 0.15) is 46.7 Å². The number of thioether (sulfide) groups is 1. The van der Waals surface area contributed by atoms with E-state index in [4.69, 9.17) is 33.7 Å². The smallest absolute Gasteiger partial charge is 0.174 e. The molecule has 1 aromatic heterocycles. The molecule has 0 bridgehead atoms. The molecule has 0 aliphatic carbocycles. The van der Waals surface area contributed by atoms with Gasteiger partial charge in [-0.1, -0.05) is 59.8 Å². The molecule has 2 aromatic carbocycles. The van der Waals surface area contributed by atoms with Gasteiger partial charge < -0.3 is 10.5 Å². The van der Waals surface area contributed by atoms with Crippen molar-refractivity contribution >= 4 is 46.6 Å². The number of hydrogen-bond acceptors (Lipinski definition) is 7. The lowest BCUT2D eigenvalue weighted by Gasteiger charge is -2.13. The molecule has 2 N–H and O–H groups in total. The van der Waals surface area contributed by atoms with Crippen LogP contribution in [0.3, 0.4) is 0 Å². The molecule has 1 heterocycles. The quantitative estimate of drug-likeness (QED) is 0.169. The average molecular weight is 513 g/mol. The number of ether oxygens (including phenoxy) is 1. The van der Waals surface area contributed by atoms with Crippen LogP contribution in [-0.2, 0) is 0 Å². The van der Waals surface area contributed by atoms with Crippen molar-refractivity contribution in [3.05, 3.63) is 81.6 Å². The van der Waals surface area contributed by atoms with Crippen molar-refractivity contribution in [1.82, 2.24) is 4.98 Å². The second-order valence-electron chi connectivity index (χ2n) is 6.73. The molecule has 0 aliphatic rings.